The molecule has 0 atom stereocenters. The largest absolute Gasteiger partial charge is 0.495 e. The van der Waals surface area contributed by atoms with Gasteiger partial charge in [0.15, 0.2) is 0 Å². The molecule has 0 unspecified atom stereocenters. The molecule has 86 valence electrons. The van der Waals surface area contributed by atoms with Gasteiger partial charge in [-0.1, -0.05) is 11.6 Å². The van der Waals surface area contributed by atoms with Crippen molar-refractivity contribution >= 4 is 17.3 Å². The number of nitrogens with zero attached hydrogens (tertiary/aromatic N) is 1. The lowest BCUT2D eigenvalue weighted by Crippen LogP contribution is -2.03. The minimum Gasteiger partial charge on any atom is -0.495 e. The Morgan fingerprint density at radius 2 is 2.25 bits per heavy atom. The van der Waals surface area contributed by atoms with Crippen molar-refractivity contribution in [1.29, 1.82) is 5.26 Å². The van der Waals surface area contributed by atoms with E-state index in [0.717, 1.165) is 30.0 Å². The predicted molar refractivity (Wildman–Crippen MR) is 66.1 cm³/mol. The maximum atomic E-state index is 8.42. The molecule has 4 heteroatoms. The summed E-state index contributed by atoms with van der Waals surface area (Å²) < 4.78 is 5.25. The molecule has 1 N–H and O–H groups in total. The number of nitrogens with one attached hydrogen (secondary N) is 1. The van der Waals surface area contributed by atoms with Crippen LogP contribution in [0.5, 0.6) is 5.75 Å². The molecule has 0 amide bonds. The number of rotatable bonds is 5. The maximum Gasteiger partial charge on any atom is 0.142 e. The summed E-state index contributed by atoms with van der Waals surface area (Å²) in [6.07, 6.45) is 1.36. The van der Waals surface area contributed by atoms with Crippen molar-refractivity contribution in [1.82, 2.24) is 0 Å². The molecule has 1 rings (SSSR count). The molecule has 0 saturated heterocycles. The minimum absolute atomic E-state index is 0.551. The lowest BCUT2D eigenvalue weighted by molar-refractivity contribution is 0.416. The lowest BCUT2D eigenvalue weighted by atomic mass is 10.2. The van der Waals surface area contributed by atoms with Crippen LogP contribution in [0, 0.1) is 18.3 Å². The van der Waals surface area contributed by atoms with E-state index in [1.807, 2.05) is 19.1 Å². The quantitative estimate of drug-likeness (QED) is 0.800. The fourth-order valence-corrected chi connectivity index (χ4v) is 1.52. The second-order valence-electron chi connectivity index (χ2n) is 3.49. The Labute approximate surface area is 101 Å². The van der Waals surface area contributed by atoms with E-state index in [2.05, 4.69) is 11.4 Å². The summed E-state index contributed by atoms with van der Waals surface area (Å²) in [7, 11) is 1.63. The molecule has 1 aromatic carbocycles. The van der Waals surface area contributed by atoms with Gasteiger partial charge in [0, 0.05) is 18.0 Å². The normalized spacial score (nSPS) is 9.62. The topological polar surface area (TPSA) is 45.0 Å². The molecular formula is C12H15ClN2O. The van der Waals surface area contributed by atoms with Gasteiger partial charge in [-0.15, -0.1) is 0 Å². The Balaban J connectivity index is 2.71. The third kappa shape index (κ3) is 3.32. The Bertz CT molecular complexity index is 399. The average molecular weight is 239 g/mol. The zero-order chi connectivity index (χ0) is 12.0. The van der Waals surface area contributed by atoms with E-state index in [-0.39, 0.29) is 0 Å². The van der Waals surface area contributed by atoms with Gasteiger partial charge in [-0.05, 0) is 31.0 Å². The van der Waals surface area contributed by atoms with Gasteiger partial charge < -0.3 is 10.1 Å². The Hall–Kier alpha value is -1.40. The molecule has 0 aliphatic rings. The summed E-state index contributed by atoms with van der Waals surface area (Å²) in [6, 6.07) is 5.85. The summed E-state index contributed by atoms with van der Waals surface area (Å²) in [5.41, 5.74) is 1.86. The van der Waals surface area contributed by atoms with Crippen LogP contribution in [0.25, 0.3) is 0 Å². The van der Waals surface area contributed by atoms with Gasteiger partial charge in [0.2, 0.25) is 0 Å². The van der Waals surface area contributed by atoms with Crippen molar-refractivity contribution in [2.75, 3.05) is 19.0 Å². The summed E-state index contributed by atoms with van der Waals surface area (Å²) in [5.74, 6) is 0.777. The first-order valence-electron chi connectivity index (χ1n) is 5.14. The predicted octanol–water partition coefficient (Wildman–Crippen LogP) is 3.37. The number of nitriles is 1. The molecule has 16 heavy (non-hydrogen) atoms. The zero-order valence-electron chi connectivity index (χ0n) is 9.51. The molecule has 0 aliphatic carbocycles. The molecule has 0 aromatic heterocycles. The number of unbranched alkanes of at least 4 members (excludes halogenated alkanes) is 1. The van der Waals surface area contributed by atoms with Gasteiger partial charge in [0.1, 0.15) is 5.75 Å². The van der Waals surface area contributed by atoms with E-state index < -0.39 is 0 Å². The van der Waals surface area contributed by atoms with Gasteiger partial charge in [-0.2, -0.15) is 5.26 Å². The highest BCUT2D eigenvalue weighted by molar-refractivity contribution is 6.31. The molecule has 0 radical (unpaired) electrons. The van der Waals surface area contributed by atoms with Gasteiger partial charge in [0.25, 0.3) is 0 Å². The molecule has 3 nitrogen and oxygen atoms in total. The molecule has 0 aliphatic heterocycles. The molecular weight excluding hydrogens is 224 g/mol. The van der Waals surface area contributed by atoms with E-state index in [4.69, 9.17) is 21.6 Å². The fourth-order valence-electron chi connectivity index (χ4n) is 1.35. The maximum absolute atomic E-state index is 8.42. The van der Waals surface area contributed by atoms with Gasteiger partial charge in [0.05, 0.1) is 18.9 Å². The van der Waals surface area contributed by atoms with Crippen LogP contribution in [0.2, 0.25) is 5.02 Å². The number of aryl methyl sites for hydroxylation is 1. The summed E-state index contributed by atoms with van der Waals surface area (Å²) in [5, 5.41) is 12.3. The number of anilines is 1. The number of halogens is 1. The van der Waals surface area contributed by atoms with E-state index in [0.29, 0.717) is 11.4 Å². The third-order valence-corrected chi connectivity index (χ3v) is 2.67. The highest BCUT2D eigenvalue weighted by atomic mass is 35.5. The van der Waals surface area contributed by atoms with Gasteiger partial charge >= 0.3 is 0 Å². The highest BCUT2D eigenvalue weighted by Gasteiger charge is 2.05. The number of hydrogen-bond acceptors (Lipinski definition) is 3. The highest BCUT2D eigenvalue weighted by Crippen LogP contribution is 2.30. The van der Waals surface area contributed by atoms with E-state index in [9.17, 15) is 0 Å². The van der Waals surface area contributed by atoms with Crippen LogP contribution < -0.4 is 10.1 Å². The first kappa shape index (κ1) is 12.7. The van der Waals surface area contributed by atoms with Gasteiger partial charge in [-0.25, -0.2) is 0 Å². The van der Waals surface area contributed by atoms with Crippen LogP contribution in [0.15, 0.2) is 12.1 Å². The second-order valence-corrected chi connectivity index (χ2v) is 3.90. The first-order valence-corrected chi connectivity index (χ1v) is 5.51. The first-order chi connectivity index (χ1) is 7.69. The van der Waals surface area contributed by atoms with Crippen LogP contribution >= 0.6 is 11.6 Å². The van der Waals surface area contributed by atoms with Crippen molar-refractivity contribution in [3.63, 3.8) is 0 Å². The molecule has 0 fully saturated rings. The molecule has 0 saturated carbocycles. The smallest absolute Gasteiger partial charge is 0.142 e. The Morgan fingerprint density at radius 3 is 2.88 bits per heavy atom. The second kappa shape index (κ2) is 6.24. The van der Waals surface area contributed by atoms with Crippen LogP contribution in [0.4, 0.5) is 5.69 Å². The molecule has 0 spiro atoms. The number of ether oxygens (including phenoxy) is 1. The fraction of sp³-hybridized carbons (Fsp3) is 0.417. The van der Waals surface area contributed by atoms with Crippen LogP contribution in [0.1, 0.15) is 18.4 Å². The summed E-state index contributed by atoms with van der Waals surface area (Å²) in [6.45, 7) is 2.67. The van der Waals surface area contributed by atoms with E-state index in [1.165, 1.54) is 0 Å². The van der Waals surface area contributed by atoms with Crippen LogP contribution in [-0.2, 0) is 0 Å². The lowest BCUT2D eigenvalue weighted by Gasteiger charge is -2.12. The van der Waals surface area contributed by atoms with Crippen LogP contribution in [-0.4, -0.2) is 13.7 Å². The number of methoxy groups -OCH3 is 1. The molecule has 0 bridgehead atoms. The van der Waals surface area contributed by atoms with Crippen molar-refractivity contribution in [2.24, 2.45) is 0 Å². The van der Waals surface area contributed by atoms with Crippen molar-refractivity contribution < 1.29 is 4.74 Å². The number of benzene rings is 1. The monoisotopic (exact) mass is 238 g/mol. The SMILES string of the molecule is COc1cc(C)c(Cl)cc1NCCCC#N. The number of hydrogen-bond donors (Lipinski definition) is 1. The minimum atomic E-state index is 0.551. The van der Waals surface area contributed by atoms with E-state index in [1.54, 1.807) is 7.11 Å². The van der Waals surface area contributed by atoms with E-state index >= 15 is 0 Å². The molecule has 0 heterocycles. The van der Waals surface area contributed by atoms with Gasteiger partial charge in [-0.3, -0.25) is 0 Å². The van der Waals surface area contributed by atoms with Crippen molar-refractivity contribution in [2.45, 2.75) is 19.8 Å². The summed E-state index contributed by atoms with van der Waals surface area (Å²) >= 11 is 6.03. The summed E-state index contributed by atoms with van der Waals surface area (Å²) in [4.78, 5) is 0. The van der Waals surface area contributed by atoms with Crippen molar-refractivity contribution in [3.8, 4) is 11.8 Å². The average Bonchev–Trinajstić information content (AvgIpc) is 2.28. The standard InChI is InChI=1S/C12H15ClN2O/c1-9-7-12(16-2)11(8-10(9)13)15-6-4-3-5-14/h7-8,15H,3-4,6H2,1-2H3. The van der Waals surface area contributed by atoms with Crippen LogP contribution in [0.3, 0.4) is 0 Å². The zero-order valence-corrected chi connectivity index (χ0v) is 10.3. The van der Waals surface area contributed by atoms with Crippen molar-refractivity contribution in [3.05, 3.63) is 22.7 Å². The molecule has 1 aromatic rings. The third-order valence-electron chi connectivity index (χ3n) is 2.26. The Kier molecular flexibility index (Phi) is 4.94. The Morgan fingerprint density at radius 1 is 1.50 bits per heavy atom.